The number of aromatic nitrogens is 1. The number of halogens is 2. The quantitative estimate of drug-likeness (QED) is 0.441. The molecule has 1 aromatic heterocycles. The molecule has 9 heteroatoms. The van der Waals surface area contributed by atoms with E-state index in [2.05, 4.69) is 0 Å². The SMILES string of the molecule is CC1=CC(C)=[N+]2C1=C(COC(=O)C1(C)CCc3c(C)c(O)c(C)c(C)c3O1)c1c(C)cc(C)n1[B-]2(F)F. The van der Waals surface area contributed by atoms with Gasteiger partial charge in [-0.2, -0.15) is 0 Å². The third kappa shape index (κ3) is 3.42. The number of nitrogens with zero attached hydrogens (tertiary/aromatic N) is 2. The van der Waals surface area contributed by atoms with Gasteiger partial charge in [0, 0.05) is 36.3 Å². The second kappa shape index (κ2) is 8.07. The van der Waals surface area contributed by atoms with Gasteiger partial charge >= 0.3 is 12.9 Å². The lowest BCUT2D eigenvalue weighted by atomic mass is 9.86. The van der Waals surface area contributed by atoms with Gasteiger partial charge in [0.05, 0.1) is 5.57 Å². The van der Waals surface area contributed by atoms with Crippen molar-refractivity contribution in [3.63, 3.8) is 0 Å². The van der Waals surface area contributed by atoms with Gasteiger partial charge in [0.15, 0.2) is 5.70 Å². The maximum atomic E-state index is 15.8. The van der Waals surface area contributed by atoms with Crippen LogP contribution in [0.1, 0.15) is 66.4 Å². The van der Waals surface area contributed by atoms with Crippen molar-refractivity contribution in [1.29, 1.82) is 0 Å². The lowest BCUT2D eigenvalue weighted by Crippen LogP contribution is -2.52. The number of hydrogen-bond donors (Lipinski definition) is 1. The third-order valence-electron chi connectivity index (χ3n) is 8.33. The van der Waals surface area contributed by atoms with Crippen molar-refractivity contribution in [3.05, 3.63) is 62.6 Å². The molecule has 2 aromatic rings. The van der Waals surface area contributed by atoms with E-state index in [1.54, 1.807) is 46.8 Å². The molecular formula is C28H33BF2N2O4. The molecule has 1 unspecified atom stereocenters. The largest absolute Gasteiger partial charge is 0.737 e. The summed E-state index contributed by atoms with van der Waals surface area (Å²) >= 11 is 0. The number of carbonyl (C=O) groups excluding carboxylic acids is 1. The zero-order chi connectivity index (χ0) is 27.2. The summed E-state index contributed by atoms with van der Waals surface area (Å²) in [6.45, 7) is 9.95. The Morgan fingerprint density at radius 2 is 1.84 bits per heavy atom. The van der Waals surface area contributed by atoms with Crippen LogP contribution in [0.15, 0.2) is 23.4 Å². The Labute approximate surface area is 216 Å². The van der Waals surface area contributed by atoms with E-state index in [1.165, 1.54) is 0 Å². The first-order valence-corrected chi connectivity index (χ1v) is 12.6. The van der Waals surface area contributed by atoms with Crippen LogP contribution in [0.4, 0.5) is 8.63 Å². The standard InChI is InChI=1S/C28H33BF2N2O4/c1-14-11-16(3)32-23(14)22(24-15(2)12-17(4)33(24)29(32,30)31)13-36-27(35)28(8)10-9-21-20(7)25(34)18(5)19(6)26(21)37-28/h11-12,34H,9-10,13H2,1-8H3. The normalized spacial score (nSPS) is 21.8. The van der Waals surface area contributed by atoms with Crippen molar-refractivity contribution >= 4 is 24.2 Å². The molecule has 5 rings (SSSR count). The van der Waals surface area contributed by atoms with E-state index in [0.717, 1.165) is 25.7 Å². The number of carbonyl (C=O) groups is 1. The van der Waals surface area contributed by atoms with Gasteiger partial charge < -0.3 is 32.2 Å². The van der Waals surface area contributed by atoms with Crippen molar-refractivity contribution in [1.82, 2.24) is 4.48 Å². The van der Waals surface area contributed by atoms with Gasteiger partial charge in [0.1, 0.15) is 23.8 Å². The Hall–Kier alpha value is -3.36. The van der Waals surface area contributed by atoms with Gasteiger partial charge in [-0.05, 0) is 88.9 Å². The number of hydrogen-bond acceptors (Lipinski definition) is 4. The number of aryl methyl sites for hydroxylation is 2. The summed E-state index contributed by atoms with van der Waals surface area (Å²) in [4.78, 5) is 13.5. The van der Waals surface area contributed by atoms with Crippen LogP contribution in [-0.4, -0.2) is 44.9 Å². The van der Waals surface area contributed by atoms with Crippen LogP contribution in [0, 0.1) is 34.6 Å². The number of esters is 1. The first-order valence-electron chi connectivity index (χ1n) is 12.6. The average molecular weight is 510 g/mol. The second-order valence-electron chi connectivity index (χ2n) is 10.9. The molecule has 37 heavy (non-hydrogen) atoms. The molecule has 0 saturated carbocycles. The van der Waals surface area contributed by atoms with Gasteiger partial charge in [-0.3, -0.25) is 0 Å². The Morgan fingerprint density at radius 3 is 2.51 bits per heavy atom. The maximum absolute atomic E-state index is 15.8. The van der Waals surface area contributed by atoms with Crippen LogP contribution in [0.2, 0.25) is 0 Å². The van der Waals surface area contributed by atoms with Crippen molar-refractivity contribution < 1.29 is 32.5 Å². The van der Waals surface area contributed by atoms with E-state index in [0.29, 0.717) is 63.7 Å². The van der Waals surface area contributed by atoms with Gasteiger partial charge in [-0.25, -0.2) is 4.79 Å². The van der Waals surface area contributed by atoms with Crippen molar-refractivity contribution in [2.24, 2.45) is 0 Å². The van der Waals surface area contributed by atoms with Crippen molar-refractivity contribution in [2.75, 3.05) is 6.61 Å². The lowest BCUT2D eigenvalue weighted by molar-refractivity contribution is -0.363. The summed E-state index contributed by atoms with van der Waals surface area (Å²) < 4.78 is 45.8. The van der Waals surface area contributed by atoms with E-state index in [-0.39, 0.29) is 12.4 Å². The number of rotatable bonds is 3. The van der Waals surface area contributed by atoms with Crippen LogP contribution >= 0.6 is 0 Å². The van der Waals surface area contributed by atoms with Crippen LogP contribution < -0.4 is 4.74 Å². The summed E-state index contributed by atoms with van der Waals surface area (Å²) in [5, 5.41) is 10.5. The van der Waals surface area contributed by atoms with E-state index < -0.39 is 18.5 Å². The molecule has 0 spiro atoms. The zero-order valence-electron chi connectivity index (χ0n) is 22.7. The predicted molar refractivity (Wildman–Crippen MR) is 140 cm³/mol. The number of phenols is 1. The topological polar surface area (TPSA) is 63.7 Å². The van der Waals surface area contributed by atoms with Gasteiger partial charge in [0.2, 0.25) is 5.60 Å². The highest BCUT2D eigenvalue weighted by Gasteiger charge is 2.55. The number of benzene rings is 1. The van der Waals surface area contributed by atoms with Crippen LogP contribution in [0.5, 0.6) is 11.5 Å². The van der Waals surface area contributed by atoms with Crippen LogP contribution in [0.25, 0.3) is 5.57 Å². The average Bonchev–Trinajstić information content (AvgIpc) is 3.31. The first kappa shape index (κ1) is 25.3. The molecule has 3 aliphatic rings. The molecule has 6 nitrogen and oxygen atoms in total. The second-order valence-corrected chi connectivity index (χ2v) is 10.9. The molecule has 0 fully saturated rings. The maximum Gasteiger partial charge on any atom is 0.737 e. The molecular weight excluding hydrogens is 477 g/mol. The summed E-state index contributed by atoms with van der Waals surface area (Å²) in [7, 11) is 0. The Kier molecular flexibility index (Phi) is 5.52. The zero-order valence-corrected chi connectivity index (χ0v) is 22.7. The fraction of sp³-hybridized carbons (Fsp3) is 0.429. The van der Waals surface area contributed by atoms with E-state index in [1.807, 2.05) is 20.8 Å². The van der Waals surface area contributed by atoms with Gasteiger partial charge in [0.25, 0.3) is 0 Å². The fourth-order valence-electron chi connectivity index (χ4n) is 6.25. The van der Waals surface area contributed by atoms with Crippen molar-refractivity contribution in [3.8, 4) is 11.5 Å². The molecule has 1 atom stereocenters. The van der Waals surface area contributed by atoms with Crippen LogP contribution in [-0.2, 0) is 16.0 Å². The summed E-state index contributed by atoms with van der Waals surface area (Å²) in [5.41, 5.74) is 5.63. The van der Waals surface area contributed by atoms with E-state index in [4.69, 9.17) is 9.47 Å². The number of allylic oxidation sites excluding steroid dienone is 2. The van der Waals surface area contributed by atoms with E-state index in [9.17, 15) is 9.90 Å². The Balaban J connectivity index is 1.51. The number of ether oxygens (including phenoxy) is 2. The summed E-state index contributed by atoms with van der Waals surface area (Å²) in [5.74, 6) is 0.309. The molecule has 0 radical (unpaired) electrons. The highest BCUT2D eigenvalue weighted by atomic mass is 19.2. The first-order chi connectivity index (χ1) is 17.2. The molecule has 1 aromatic carbocycles. The number of phenolic OH excluding ortho intramolecular Hbond substituents is 1. The monoisotopic (exact) mass is 510 g/mol. The molecule has 4 heterocycles. The molecule has 0 bridgehead atoms. The molecule has 0 aliphatic carbocycles. The third-order valence-corrected chi connectivity index (χ3v) is 8.33. The lowest BCUT2D eigenvalue weighted by Gasteiger charge is -2.36. The summed E-state index contributed by atoms with van der Waals surface area (Å²) in [6, 6.07) is 1.75. The van der Waals surface area contributed by atoms with Gasteiger partial charge in [-0.15, -0.1) is 0 Å². The number of aromatic hydroxyl groups is 1. The minimum absolute atomic E-state index is 0.155. The predicted octanol–water partition coefficient (Wildman–Crippen LogP) is 5.44. The highest BCUT2D eigenvalue weighted by Crippen LogP contribution is 2.45. The molecule has 1 N–H and O–H groups in total. The van der Waals surface area contributed by atoms with Crippen LogP contribution in [0.3, 0.4) is 0 Å². The fourth-order valence-corrected chi connectivity index (χ4v) is 6.25. The summed E-state index contributed by atoms with van der Waals surface area (Å²) in [6.07, 6.45) is 2.67. The Bertz CT molecular complexity index is 1500. The molecule has 0 saturated heterocycles. The minimum atomic E-state index is -4.08. The molecule has 196 valence electrons. The van der Waals surface area contributed by atoms with Gasteiger partial charge in [-0.1, -0.05) is 0 Å². The molecule has 3 aliphatic heterocycles. The van der Waals surface area contributed by atoms with Crippen molar-refractivity contribution in [2.45, 2.75) is 73.8 Å². The Morgan fingerprint density at radius 1 is 1.16 bits per heavy atom. The highest BCUT2D eigenvalue weighted by molar-refractivity contribution is 6.58. The smallest absolute Gasteiger partial charge is 0.507 e. The van der Waals surface area contributed by atoms with E-state index >= 15 is 8.63 Å². The number of fused-ring (bicyclic) bond motifs is 3. The molecule has 0 amide bonds. The minimum Gasteiger partial charge on any atom is -0.507 e.